The van der Waals surface area contributed by atoms with Crippen LogP contribution in [0.1, 0.15) is 11.1 Å². The molecule has 0 saturated carbocycles. The second-order valence-electron chi connectivity index (χ2n) is 6.66. The van der Waals surface area contributed by atoms with E-state index in [1.54, 1.807) is 0 Å². The van der Waals surface area contributed by atoms with Crippen molar-refractivity contribution in [3.8, 4) is 23.0 Å². The number of benzene rings is 2. The summed E-state index contributed by atoms with van der Waals surface area (Å²) in [5, 5.41) is 38.3. The average molecular weight is 468 g/mol. The van der Waals surface area contributed by atoms with Crippen LogP contribution in [0.2, 0.25) is 0 Å². The second-order valence-corrected chi connectivity index (χ2v) is 6.66. The summed E-state index contributed by atoms with van der Waals surface area (Å²) < 4.78 is 22.0. The quantitative estimate of drug-likeness (QED) is 0.302. The molecule has 34 heavy (non-hydrogen) atoms. The van der Waals surface area contributed by atoms with Gasteiger partial charge in [-0.05, 0) is 12.1 Å². The molecule has 5 rings (SSSR count). The van der Waals surface area contributed by atoms with Crippen molar-refractivity contribution in [2.45, 2.75) is 0 Å². The first kappa shape index (κ1) is 20.6. The van der Waals surface area contributed by atoms with E-state index in [4.69, 9.17) is 18.9 Å². The van der Waals surface area contributed by atoms with E-state index in [-0.39, 0.29) is 53.5 Å². The molecule has 2 aliphatic rings. The first-order valence-electron chi connectivity index (χ1n) is 9.39. The van der Waals surface area contributed by atoms with Crippen LogP contribution in [-0.4, -0.2) is 50.7 Å². The van der Waals surface area contributed by atoms with E-state index in [0.29, 0.717) is 11.5 Å². The molecule has 0 fully saturated rings. The molecule has 0 atom stereocenters. The van der Waals surface area contributed by atoms with E-state index < -0.39 is 9.85 Å². The van der Waals surface area contributed by atoms with E-state index >= 15 is 0 Å². The molecule has 0 aliphatic carbocycles. The standard InChI is InChI=1S/C18H12N8O8/c27-25(28)12-3-16-14(31-8-33-16)1-10(12)5-19-22-18-23-20-7-24(18)21-6-11-2-15-17(34-9-32-15)4-13(11)26(29)30/h1-7H,8-9H2,(H,22,23)/b19-5+,21-6+. The van der Waals surface area contributed by atoms with E-state index in [1.807, 2.05) is 0 Å². The predicted molar refractivity (Wildman–Crippen MR) is 113 cm³/mol. The molecule has 0 amide bonds. The molecule has 0 unspecified atom stereocenters. The highest BCUT2D eigenvalue weighted by atomic mass is 16.7. The van der Waals surface area contributed by atoms with Crippen LogP contribution in [0.5, 0.6) is 23.0 Å². The Kier molecular flexibility index (Phi) is 5.05. The normalized spacial score (nSPS) is 13.6. The summed E-state index contributed by atoms with van der Waals surface area (Å²) in [6.45, 7) is -0.0693. The molecule has 0 saturated heterocycles. The number of hydrogen-bond acceptors (Lipinski definition) is 13. The number of fused-ring (bicyclic) bond motifs is 2. The largest absolute Gasteiger partial charge is 0.454 e. The highest BCUT2D eigenvalue weighted by Crippen LogP contribution is 2.38. The summed E-state index contributed by atoms with van der Waals surface area (Å²) in [4.78, 5) is 21.6. The van der Waals surface area contributed by atoms with Gasteiger partial charge in [-0.3, -0.25) is 20.2 Å². The maximum atomic E-state index is 11.4. The minimum Gasteiger partial charge on any atom is -0.454 e. The van der Waals surface area contributed by atoms with Gasteiger partial charge in [0.25, 0.3) is 17.3 Å². The van der Waals surface area contributed by atoms with Crippen LogP contribution in [0, 0.1) is 20.2 Å². The minimum atomic E-state index is -0.575. The fraction of sp³-hybridized carbons (Fsp3) is 0.111. The van der Waals surface area contributed by atoms with Crippen LogP contribution in [0.4, 0.5) is 17.3 Å². The number of nitro groups is 2. The molecule has 0 spiro atoms. The van der Waals surface area contributed by atoms with Gasteiger partial charge in [-0.15, -0.1) is 10.2 Å². The summed E-state index contributed by atoms with van der Waals surface area (Å²) >= 11 is 0. The Balaban J connectivity index is 1.37. The number of anilines is 1. The van der Waals surface area contributed by atoms with E-state index in [2.05, 4.69) is 25.8 Å². The van der Waals surface area contributed by atoms with Crippen LogP contribution >= 0.6 is 0 Å². The molecule has 172 valence electrons. The summed E-state index contributed by atoms with van der Waals surface area (Å²) in [5.74, 6) is 1.28. The zero-order chi connectivity index (χ0) is 23.7. The Bertz CT molecular complexity index is 1370. The first-order chi connectivity index (χ1) is 16.5. The zero-order valence-electron chi connectivity index (χ0n) is 16.9. The van der Waals surface area contributed by atoms with Crippen LogP contribution in [-0.2, 0) is 0 Å². The zero-order valence-corrected chi connectivity index (χ0v) is 16.9. The summed E-state index contributed by atoms with van der Waals surface area (Å²) in [7, 11) is 0. The van der Waals surface area contributed by atoms with Gasteiger partial charge in [0.05, 0.1) is 45.5 Å². The lowest BCUT2D eigenvalue weighted by Crippen LogP contribution is -2.01. The summed E-state index contributed by atoms with van der Waals surface area (Å²) in [5.41, 5.74) is 2.42. The summed E-state index contributed by atoms with van der Waals surface area (Å²) in [6.07, 6.45) is 3.66. The van der Waals surface area contributed by atoms with Gasteiger partial charge in [-0.2, -0.15) is 14.9 Å². The molecule has 2 aliphatic heterocycles. The van der Waals surface area contributed by atoms with E-state index in [1.165, 1.54) is 47.7 Å². The first-order valence-corrected chi connectivity index (χ1v) is 9.39. The van der Waals surface area contributed by atoms with Gasteiger partial charge in [0, 0.05) is 0 Å². The third kappa shape index (κ3) is 3.85. The van der Waals surface area contributed by atoms with Gasteiger partial charge >= 0.3 is 0 Å². The monoisotopic (exact) mass is 468 g/mol. The Hall–Kier alpha value is -5.28. The van der Waals surface area contributed by atoms with Crippen molar-refractivity contribution in [3.63, 3.8) is 0 Å². The lowest BCUT2D eigenvalue weighted by Gasteiger charge is -2.02. The topological polar surface area (TPSA) is 191 Å². The number of rotatable bonds is 7. The van der Waals surface area contributed by atoms with Crippen LogP contribution in [0.3, 0.4) is 0 Å². The van der Waals surface area contributed by atoms with E-state index in [9.17, 15) is 20.2 Å². The number of nitrogens with zero attached hydrogens (tertiary/aromatic N) is 7. The van der Waals surface area contributed by atoms with E-state index in [0.717, 1.165) is 0 Å². The fourth-order valence-electron chi connectivity index (χ4n) is 3.09. The molecule has 3 heterocycles. The highest BCUT2D eigenvalue weighted by molar-refractivity contribution is 5.88. The SMILES string of the molecule is O=[N+]([O-])c1cc2c(cc1/C=N/Nc1nncn1/N=C/c1cc3c(cc1[N+](=O)[O-])OCO3)OCO2. The highest BCUT2D eigenvalue weighted by Gasteiger charge is 2.23. The molecule has 0 bridgehead atoms. The number of aromatic nitrogens is 3. The predicted octanol–water partition coefficient (Wildman–Crippen LogP) is 1.88. The number of nitro benzene ring substituents is 2. The Morgan fingerprint density at radius 3 is 1.97 bits per heavy atom. The van der Waals surface area contributed by atoms with Gasteiger partial charge in [-0.1, -0.05) is 0 Å². The second kappa shape index (κ2) is 8.34. The van der Waals surface area contributed by atoms with Crippen molar-refractivity contribution in [3.05, 3.63) is 61.9 Å². The van der Waals surface area contributed by atoms with Crippen LogP contribution in [0.25, 0.3) is 0 Å². The number of ether oxygens (including phenoxy) is 4. The van der Waals surface area contributed by atoms with Crippen LogP contribution in [0.15, 0.2) is 40.8 Å². The maximum Gasteiger partial charge on any atom is 0.282 e. The smallest absolute Gasteiger partial charge is 0.282 e. The number of hydrogen-bond donors (Lipinski definition) is 1. The summed E-state index contributed by atoms with van der Waals surface area (Å²) in [6, 6.07) is 5.35. The van der Waals surface area contributed by atoms with Crippen molar-refractivity contribution in [2.24, 2.45) is 10.2 Å². The van der Waals surface area contributed by atoms with Crippen molar-refractivity contribution in [1.29, 1.82) is 0 Å². The Morgan fingerprint density at radius 2 is 1.41 bits per heavy atom. The van der Waals surface area contributed by atoms with Gasteiger partial charge in [0.2, 0.25) is 13.6 Å². The maximum absolute atomic E-state index is 11.4. The van der Waals surface area contributed by atoms with Gasteiger partial charge in [-0.25, -0.2) is 5.43 Å². The average Bonchev–Trinajstić information content (AvgIpc) is 3.56. The van der Waals surface area contributed by atoms with Crippen molar-refractivity contribution in [2.75, 3.05) is 19.0 Å². The molecule has 1 N–H and O–H groups in total. The molecule has 1 aromatic heterocycles. The number of nitrogens with one attached hydrogen (secondary N) is 1. The lowest BCUT2D eigenvalue weighted by molar-refractivity contribution is -0.385. The van der Waals surface area contributed by atoms with Gasteiger partial charge in [0.1, 0.15) is 6.33 Å². The van der Waals surface area contributed by atoms with Crippen molar-refractivity contribution in [1.82, 2.24) is 14.9 Å². The molecular weight excluding hydrogens is 456 g/mol. The van der Waals surface area contributed by atoms with Gasteiger partial charge < -0.3 is 18.9 Å². The third-order valence-electron chi connectivity index (χ3n) is 4.66. The lowest BCUT2D eigenvalue weighted by atomic mass is 10.1. The molecule has 2 aromatic carbocycles. The minimum absolute atomic E-state index is 0.0338. The third-order valence-corrected chi connectivity index (χ3v) is 4.66. The molecular formula is C18H12N8O8. The fourth-order valence-corrected chi connectivity index (χ4v) is 3.09. The number of hydrazone groups is 1. The Morgan fingerprint density at radius 1 is 0.882 bits per heavy atom. The van der Waals surface area contributed by atoms with Crippen molar-refractivity contribution < 1.29 is 28.8 Å². The molecule has 16 heteroatoms. The molecule has 3 aromatic rings. The van der Waals surface area contributed by atoms with Gasteiger partial charge in [0.15, 0.2) is 23.0 Å². The van der Waals surface area contributed by atoms with Crippen LogP contribution < -0.4 is 24.4 Å². The Labute approximate surface area is 188 Å². The molecule has 16 nitrogen and oxygen atoms in total. The molecule has 0 radical (unpaired) electrons. The van der Waals surface area contributed by atoms with Crippen molar-refractivity contribution >= 4 is 29.8 Å².